The summed E-state index contributed by atoms with van der Waals surface area (Å²) in [7, 11) is 0. The highest BCUT2D eigenvalue weighted by Crippen LogP contribution is 2.31. The molecule has 23 heavy (non-hydrogen) atoms. The van der Waals surface area contributed by atoms with E-state index in [-0.39, 0.29) is 16.3 Å². The molecule has 119 valence electrons. The van der Waals surface area contributed by atoms with Gasteiger partial charge in [0.15, 0.2) is 4.90 Å². The third-order valence-corrected chi connectivity index (χ3v) is 5.13. The van der Waals surface area contributed by atoms with Crippen LogP contribution in [-0.2, 0) is 17.4 Å². The molecule has 0 amide bonds. The minimum absolute atomic E-state index is 0.236. The Morgan fingerprint density at radius 2 is 2.17 bits per heavy atom. The maximum absolute atomic E-state index is 12.5. The summed E-state index contributed by atoms with van der Waals surface area (Å²) in [5, 5.41) is 3.30. The summed E-state index contributed by atoms with van der Waals surface area (Å²) < 4.78 is 54.4. The van der Waals surface area contributed by atoms with Gasteiger partial charge in [-0.15, -0.1) is 0 Å². The Balaban J connectivity index is 1.92. The van der Waals surface area contributed by atoms with Crippen molar-refractivity contribution in [1.82, 2.24) is 15.1 Å². The summed E-state index contributed by atoms with van der Waals surface area (Å²) in [5.41, 5.74) is 0.250. The molecule has 3 aromatic rings. The van der Waals surface area contributed by atoms with E-state index in [2.05, 4.69) is 25.7 Å². The zero-order valence-electron chi connectivity index (χ0n) is 11.4. The molecule has 2 aromatic heterocycles. The van der Waals surface area contributed by atoms with Gasteiger partial charge in [0, 0.05) is 28.8 Å². The van der Waals surface area contributed by atoms with E-state index in [0.29, 0.717) is 4.34 Å². The van der Waals surface area contributed by atoms with Crippen LogP contribution in [-0.4, -0.2) is 19.7 Å². The molecule has 0 aliphatic carbocycles. The summed E-state index contributed by atoms with van der Waals surface area (Å²) in [5.74, 6) is -1.67. The van der Waals surface area contributed by atoms with E-state index in [0.717, 1.165) is 4.88 Å². The molecule has 10 heteroatoms. The van der Waals surface area contributed by atoms with Gasteiger partial charge in [-0.3, -0.25) is 0 Å². The van der Waals surface area contributed by atoms with Gasteiger partial charge < -0.3 is 9.08 Å². The number of hydrogen-bond acceptors (Lipinski definition) is 6. The molecule has 1 unspecified atom stereocenters. The van der Waals surface area contributed by atoms with Gasteiger partial charge in [0.1, 0.15) is 0 Å². The maximum Gasteiger partial charge on any atom is 0.471 e. The van der Waals surface area contributed by atoms with Crippen molar-refractivity contribution < 1.29 is 22.2 Å². The Morgan fingerprint density at radius 1 is 1.39 bits per heavy atom. The van der Waals surface area contributed by atoms with E-state index >= 15 is 0 Å². The number of aromatic nitrogens is 3. The first-order valence-electron chi connectivity index (χ1n) is 6.12. The van der Waals surface area contributed by atoms with Gasteiger partial charge in [-0.2, -0.15) is 23.1 Å². The lowest BCUT2D eigenvalue weighted by atomic mass is 10.2. The monoisotopic (exact) mass is 358 g/mol. The molecule has 3 rings (SSSR count). The molecule has 1 aromatic carbocycles. The fourth-order valence-corrected chi connectivity index (χ4v) is 3.86. The van der Waals surface area contributed by atoms with Crippen LogP contribution >= 0.6 is 11.3 Å². The van der Waals surface area contributed by atoms with E-state index in [9.17, 15) is 17.7 Å². The largest absolute Gasteiger partial charge is 0.605 e. The van der Waals surface area contributed by atoms with Crippen molar-refractivity contribution in [3.8, 4) is 11.4 Å². The lowest BCUT2D eigenvalue weighted by Gasteiger charge is -2.06. The molecule has 0 saturated carbocycles. The van der Waals surface area contributed by atoms with E-state index in [1.54, 1.807) is 6.20 Å². The van der Waals surface area contributed by atoms with Crippen LogP contribution in [0.3, 0.4) is 0 Å². The normalized spacial score (nSPS) is 13.3. The molecule has 0 saturated heterocycles. The number of rotatable bonds is 3. The quantitative estimate of drug-likeness (QED) is 0.670. The van der Waals surface area contributed by atoms with Crippen LogP contribution in [0.15, 0.2) is 38.2 Å². The van der Waals surface area contributed by atoms with Gasteiger partial charge >= 0.3 is 16.4 Å². The van der Waals surface area contributed by atoms with Gasteiger partial charge in [-0.05, 0) is 13.0 Å². The Morgan fingerprint density at radius 3 is 2.78 bits per heavy atom. The number of alkyl halides is 3. The lowest BCUT2D eigenvalue weighted by molar-refractivity contribution is -0.159. The standard InChI is InChI=1S/C13H7F3N3O2S2/c1-7-6-17-12(22-7)23(20)9-4-2-3-8(5-9)10-18-11(21-19-10)13(14,15)16/h2-3,5-6H,1H3. The van der Waals surface area contributed by atoms with Gasteiger partial charge in [-0.25, -0.2) is 0 Å². The number of halogens is 3. The van der Waals surface area contributed by atoms with Crippen LogP contribution in [0.25, 0.3) is 11.4 Å². The van der Waals surface area contributed by atoms with E-state index in [1.807, 2.05) is 6.92 Å². The van der Waals surface area contributed by atoms with Crippen LogP contribution in [0.4, 0.5) is 13.2 Å². The predicted octanol–water partition coefficient (Wildman–Crippen LogP) is 3.49. The van der Waals surface area contributed by atoms with Crippen molar-refractivity contribution >= 4 is 22.5 Å². The summed E-state index contributed by atoms with van der Waals surface area (Å²) >= 11 is -0.307. The molecule has 1 radical (unpaired) electrons. The first kappa shape index (κ1) is 16.0. The number of nitrogens with zero attached hydrogens (tertiary/aromatic N) is 3. The highest BCUT2D eigenvalue weighted by atomic mass is 32.2. The summed E-state index contributed by atoms with van der Waals surface area (Å²) in [4.78, 5) is 8.50. The van der Waals surface area contributed by atoms with Crippen LogP contribution in [0.2, 0.25) is 0 Å². The average Bonchev–Trinajstić information content (AvgIpc) is 3.15. The molecule has 0 N–H and O–H groups in total. The number of thiazole rings is 1. The molecular weight excluding hydrogens is 351 g/mol. The molecule has 0 spiro atoms. The predicted molar refractivity (Wildman–Crippen MR) is 75.1 cm³/mol. The van der Waals surface area contributed by atoms with E-state index in [4.69, 9.17) is 0 Å². The van der Waals surface area contributed by atoms with Crippen molar-refractivity contribution in [2.24, 2.45) is 0 Å². The van der Waals surface area contributed by atoms with Crippen molar-refractivity contribution in [3.63, 3.8) is 0 Å². The second kappa shape index (κ2) is 5.95. The summed E-state index contributed by atoms with van der Waals surface area (Å²) in [6.07, 6.45) is -3.12. The highest BCUT2D eigenvalue weighted by Gasteiger charge is 2.38. The minimum atomic E-state index is -4.71. The van der Waals surface area contributed by atoms with Crippen LogP contribution < -0.4 is 0 Å². The zero-order chi connectivity index (χ0) is 16.6. The van der Waals surface area contributed by atoms with Crippen molar-refractivity contribution in [1.29, 1.82) is 0 Å². The smallest absolute Gasteiger partial charge is 0.471 e. The van der Waals surface area contributed by atoms with Crippen molar-refractivity contribution in [2.75, 3.05) is 0 Å². The first-order valence-corrected chi connectivity index (χ1v) is 8.08. The van der Waals surface area contributed by atoms with Gasteiger partial charge in [0.2, 0.25) is 5.82 Å². The maximum atomic E-state index is 12.5. The van der Waals surface area contributed by atoms with E-state index in [1.165, 1.54) is 29.5 Å². The molecule has 0 aliphatic heterocycles. The van der Waals surface area contributed by atoms with Gasteiger partial charge in [-0.1, -0.05) is 22.6 Å². The third kappa shape index (κ3) is 3.38. The first-order chi connectivity index (χ1) is 10.8. The molecule has 1 atom stereocenters. The van der Waals surface area contributed by atoms with Crippen LogP contribution in [0.1, 0.15) is 10.8 Å². The topological polar surface area (TPSA) is 74.9 Å². The summed E-state index contributed by atoms with van der Waals surface area (Å²) in [6, 6.07) is 7.08. The molecular formula is C13H7F3N3O2S2. The van der Waals surface area contributed by atoms with Gasteiger partial charge in [0.25, 0.3) is 0 Å². The van der Waals surface area contributed by atoms with Crippen molar-refractivity contribution in [3.05, 3.63) is 41.2 Å². The summed E-state index contributed by atoms with van der Waals surface area (Å²) in [6.45, 7) is 1.83. The number of benzene rings is 1. The van der Waals surface area contributed by atoms with Crippen LogP contribution in [0, 0.1) is 13.0 Å². The second-order valence-corrected chi connectivity index (χ2v) is 7.23. The number of aryl methyl sites for hydroxylation is 1. The fourth-order valence-electron chi connectivity index (χ4n) is 1.66. The highest BCUT2D eigenvalue weighted by molar-refractivity contribution is 7.93. The zero-order valence-corrected chi connectivity index (χ0v) is 13.1. The Kier molecular flexibility index (Phi) is 4.13. The Labute approximate surface area is 135 Å². The molecule has 0 fully saturated rings. The number of hydrogen-bond donors (Lipinski definition) is 0. The third-order valence-electron chi connectivity index (χ3n) is 2.66. The average molecular weight is 358 g/mol. The lowest BCUT2D eigenvalue weighted by Crippen LogP contribution is -2.05. The second-order valence-electron chi connectivity index (χ2n) is 4.37. The SMILES string of the molecule is Cc1cnc([S+]([O-])c2[c]ccc(-c3noc(C(F)(F)F)n3)c2)s1. The molecule has 2 heterocycles. The van der Waals surface area contributed by atoms with Gasteiger partial charge in [0.05, 0.1) is 11.2 Å². The molecule has 5 nitrogen and oxygen atoms in total. The van der Waals surface area contributed by atoms with Crippen molar-refractivity contribution in [2.45, 2.75) is 22.3 Å². The molecule has 0 aliphatic rings. The minimum Gasteiger partial charge on any atom is -0.605 e. The fraction of sp³-hybridized carbons (Fsp3) is 0.154. The Bertz CT molecular complexity index is 832. The molecule has 0 bridgehead atoms. The van der Waals surface area contributed by atoms with E-state index < -0.39 is 23.2 Å². The Hall–Kier alpha value is -1.91. The van der Waals surface area contributed by atoms with Crippen LogP contribution in [0.5, 0.6) is 0 Å².